The molecule has 0 saturated carbocycles. The SMILES string of the molecule is N#CCC(=O)Nc1ccc(C(=O)OCc2ccccc2C#N)cc1. The smallest absolute Gasteiger partial charge is 0.338 e. The third-order valence-electron chi connectivity index (χ3n) is 3.14. The number of amides is 1. The van der Waals surface area contributed by atoms with Gasteiger partial charge in [-0.1, -0.05) is 18.2 Å². The van der Waals surface area contributed by atoms with Crippen LogP contribution in [0.3, 0.4) is 0 Å². The first-order valence-corrected chi connectivity index (χ1v) is 7.06. The van der Waals surface area contributed by atoms with Gasteiger partial charge in [0.05, 0.1) is 23.3 Å². The number of rotatable bonds is 5. The van der Waals surface area contributed by atoms with Gasteiger partial charge in [-0.3, -0.25) is 4.79 Å². The summed E-state index contributed by atoms with van der Waals surface area (Å²) in [6.45, 7) is 0.00320. The van der Waals surface area contributed by atoms with E-state index in [0.717, 1.165) is 0 Å². The highest BCUT2D eigenvalue weighted by atomic mass is 16.5. The Kier molecular flexibility index (Phi) is 5.65. The van der Waals surface area contributed by atoms with Crippen LogP contribution in [0.4, 0.5) is 5.69 Å². The van der Waals surface area contributed by atoms with Crippen LogP contribution in [0.1, 0.15) is 27.9 Å². The standard InChI is InChI=1S/C18H13N3O3/c19-10-9-17(22)21-16-7-5-13(6-8-16)18(23)24-12-15-4-2-1-3-14(15)11-20/h1-8H,9,12H2,(H,21,22). The fourth-order valence-electron chi connectivity index (χ4n) is 1.95. The molecule has 0 bridgehead atoms. The Bertz CT molecular complexity index is 830. The Hall–Kier alpha value is -3.64. The molecule has 6 nitrogen and oxygen atoms in total. The Morgan fingerprint density at radius 2 is 1.75 bits per heavy atom. The highest BCUT2D eigenvalue weighted by Gasteiger charge is 2.09. The summed E-state index contributed by atoms with van der Waals surface area (Å²) in [4.78, 5) is 23.3. The summed E-state index contributed by atoms with van der Waals surface area (Å²) in [5.41, 5.74) is 1.90. The number of anilines is 1. The molecule has 2 aromatic carbocycles. The third-order valence-corrected chi connectivity index (χ3v) is 3.14. The van der Waals surface area contributed by atoms with Crippen LogP contribution in [0.15, 0.2) is 48.5 Å². The van der Waals surface area contributed by atoms with Gasteiger partial charge in [-0.2, -0.15) is 10.5 Å². The maximum atomic E-state index is 12.0. The lowest BCUT2D eigenvalue weighted by Gasteiger charge is -2.07. The molecule has 1 N–H and O–H groups in total. The number of nitriles is 2. The minimum atomic E-state index is -0.530. The van der Waals surface area contributed by atoms with Crippen LogP contribution >= 0.6 is 0 Å². The molecule has 0 heterocycles. The van der Waals surface area contributed by atoms with E-state index in [0.29, 0.717) is 22.4 Å². The Balaban J connectivity index is 1.97. The van der Waals surface area contributed by atoms with E-state index in [2.05, 4.69) is 5.32 Å². The molecule has 2 aromatic rings. The highest BCUT2D eigenvalue weighted by molar-refractivity contribution is 5.93. The summed E-state index contributed by atoms with van der Waals surface area (Å²) in [5.74, 6) is -0.946. The second-order valence-corrected chi connectivity index (χ2v) is 4.81. The number of esters is 1. The molecular formula is C18H13N3O3. The van der Waals surface area contributed by atoms with Crippen LogP contribution in [0.5, 0.6) is 0 Å². The van der Waals surface area contributed by atoms with E-state index in [1.807, 2.05) is 6.07 Å². The van der Waals surface area contributed by atoms with Gasteiger partial charge in [0.25, 0.3) is 0 Å². The topological polar surface area (TPSA) is 103 Å². The van der Waals surface area contributed by atoms with Crippen molar-refractivity contribution in [2.45, 2.75) is 13.0 Å². The number of hydrogen-bond donors (Lipinski definition) is 1. The number of nitrogens with zero attached hydrogens (tertiary/aromatic N) is 2. The minimum absolute atomic E-state index is 0.00320. The maximum absolute atomic E-state index is 12.0. The molecule has 118 valence electrons. The molecule has 0 unspecified atom stereocenters. The van der Waals surface area contributed by atoms with Crippen molar-refractivity contribution in [2.75, 3.05) is 5.32 Å². The molecule has 2 rings (SSSR count). The van der Waals surface area contributed by atoms with E-state index >= 15 is 0 Å². The van der Waals surface area contributed by atoms with Crippen LogP contribution in [-0.4, -0.2) is 11.9 Å². The van der Waals surface area contributed by atoms with Crippen molar-refractivity contribution in [2.24, 2.45) is 0 Å². The molecule has 24 heavy (non-hydrogen) atoms. The van der Waals surface area contributed by atoms with Crippen molar-refractivity contribution >= 4 is 17.6 Å². The Labute approximate surface area is 138 Å². The summed E-state index contributed by atoms with van der Waals surface area (Å²) in [6, 6.07) is 16.8. The molecule has 0 radical (unpaired) electrons. The van der Waals surface area contributed by atoms with Crippen molar-refractivity contribution < 1.29 is 14.3 Å². The lowest BCUT2D eigenvalue weighted by molar-refractivity contribution is -0.115. The fourth-order valence-corrected chi connectivity index (χ4v) is 1.95. The van der Waals surface area contributed by atoms with Gasteiger partial charge in [0.15, 0.2) is 0 Å². The van der Waals surface area contributed by atoms with Crippen LogP contribution in [0.25, 0.3) is 0 Å². The molecule has 0 aliphatic carbocycles. The average molecular weight is 319 g/mol. The molecule has 0 saturated heterocycles. The van der Waals surface area contributed by atoms with Gasteiger partial charge in [0, 0.05) is 11.3 Å². The molecular weight excluding hydrogens is 306 g/mol. The van der Waals surface area contributed by atoms with Gasteiger partial charge in [-0.15, -0.1) is 0 Å². The van der Waals surface area contributed by atoms with Crippen LogP contribution in [0, 0.1) is 22.7 Å². The van der Waals surface area contributed by atoms with Gasteiger partial charge in [-0.25, -0.2) is 4.79 Å². The summed E-state index contributed by atoms with van der Waals surface area (Å²) >= 11 is 0. The first-order chi connectivity index (χ1) is 11.6. The minimum Gasteiger partial charge on any atom is -0.457 e. The van der Waals surface area contributed by atoms with E-state index in [1.54, 1.807) is 42.5 Å². The number of carbonyl (C=O) groups excluding carboxylic acids is 2. The third kappa shape index (κ3) is 4.43. The van der Waals surface area contributed by atoms with Crippen LogP contribution < -0.4 is 5.32 Å². The number of benzene rings is 2. The Morgan fingerprint density at radius 1 is 1.04 bits per heavy atom. The first-order valence-electron chi connectivity index (χ1n) is 7.06. The summed E-state index contributed by atoms with van der Waals surface area (Å²) in [7, 11) is 0. The summed E-state index contributed by atoms with van der Waals surface area (Å²) in [6.07, 6.45) is -0.234. The van der Waals surface area contributed by atoms with Crippen molar-refractivity contribution in [3.05, 3.63) is 65.2 Å². The van der Waals surface area contributed by atoms with Gasteiger partial charge < -0.3 is 10.1 Å². The molecule has 6 heteroatoms. The molecule has 0 fully saturated rings. The number of hydrogen-bond acceptors (Lipinski definition) is 5. The molecule has 0 spiro atoms. The summed E-state index contributed by atoms with van der Waals surface area (Å²) < 4.78 is 5.20. The lowest BCUT2D eigenvalue weighted by atomic mass is 10.1. The van der Waals surface area contributed by atoms with E-state index in [4.69, 9.17) is 15.3 Å². The average Bonchev–Trinajstić information content (AvgIpc) is 2.60. The van der Waals surface area contributed by atoms with Gasteiger partial charge in [0.2, 0.25) is 5.91 Å². The van der Waals surface area contributed by atoms with Crippen molar-refractivity contribution in [1.82, 2.24) is 0 Å². The molecule has 0 atom stereocenters. The summed E-state index contributed by atoms with van der Waals surface area (Å²) in [5, 5.41) is 20.0. The lowest BCUT2D eigenvalue weighted by Crippen LogP contribution is -2.10. The van der Waals surface area contributed by atoms with Gasteiger partial charge in [-0.05, 0) is 30.3 Å². The van der Waals surface area contributed by atoms with E-state index in [1.165, 1.54) is 12.1 Å². The van der Waals surface area contributed by atoms with Crippen LogP contribution in [-0.2, 0) is 16.1 Å². The second-order valence-electron chi connectivity index (χ2n) is 4.81. The molecule has 0 aliphatic rings. The molecule has 1 amide bonds. The predicted octanol–water partition coefficient (Wildman–Crippen LogP) is 2.77. The zero-order valence-corrected chi connectivity index (χ0v) is 12.7. The normalized spacial score (nSPS) is 9.42. The van der Waals surface area contributed by atoms with Crippen molar-refractivity contribution in [3.8, 4) is 12.1 Å². The zero-order chi connectivity index (χ0) is 17.4. The second kappa shape index (κ2) is 8.11. The first kappa shape index (κ1) is 16.7. The molecule has 0 aliphatic heterocycles. The zero-order valence-electron chi connectivity index (χ0n) is 12.7. The quantitative estimate of drug-likeness (QED) is 0.853. The number of ether oxygens (including phenoxy) is 1. The van der Waals surface area contributed by atoms with Gasteiger partial charge >= 0.3 is 5.97 Å². The van der Waals surface area contributed by atoms with E-state index < -0.39 is 11.9 Å². The van der Waals surface area contributed by atoms with E-state index in [-0.39, 0.29) is 13.0 Å². The van der Waals surface area contributed by atoms with Gasteiger partial charge in [0.1, 0.15) is 13.0 Å². The largest absolute Gasteiger partial charge is 0.457 e. The van der Waals surface area contributed by atoms with Crippen molar-refractivity contribution in [1.29, 1.82) is 10.5 Å². The maximum Gasteiger partial charge on any atom is 0.338 e. The predicted molar refractivity (Wildman–Crippen MR) is 85.6 cm³/mol. The molecule has 0 aromatic heterocycles. The van der Waals surface area contributed by atoms with E-state index in [9.17, 15) is 9.59 Å². The van der Waals surface area contributed by atoms with Crippen LogP contribution in [0.2, 0.25) is 0 Å². The number of nitrogens with one attached hydrogen (secondary N) is 1. The number of carbonyl (C=O) groups is 2. The fraction of sp³-hybridized carbons (Fsp3) is 0.111. The highest BCUT2D eigenvalue weighted by Crippen LogP contribution is 2.13. The van der Waals surface area contributed by atoms with Crippen molar-refractivity contribution in [3.63, 3.8) is 0 Å². The monoisotopic (exact) mass is 319 g/mol. The Morgan fingerprint density at radius 3 is 2.42 bits per heavy atom.